The molecule has 3 aromatic rings. The van der Waals surface area contributed by atoms with Gasteiger partial charge in [0.15, 0.2) is 0 Å². The van der Waals surface area contributed by atoms with Crippen molar-refractivity contribution in [3.63, 3.8) is 0 Å². The van der Waals surface area contributed by atoms with Crippen molar-refractivity contribution in [3.05, 3.63) is 106 Å². The van der Waals surface area contributed by atoms with Crippen LogP contribution in [0.25, 0.3) is 0 Å². The first kappa shape index (κ1) is 22.5. The largest absolute Gasteiger partial charge is 0.354 e. The molecule has 160 valence electrons. The van der Waals surface area contributed by atoms with Gasteiger partial charge in [0.1, 0.15) is 11.9 Å². The zero-order chi connectivity index (χ0) is 22.1. The van der Waals surface area contributed by atoms with E-state index in [0.29, 0.717) is 23.6 Å². The predicted octanol–water partition coefficient (Wildman–Crippen LogP) is 4.57. The average Bonchev–Trinajstić information content (AvgIpc) is 2.78. The maximum atomic E-state index is 13.1. The molecule has 31 heavy (non-hydrogen) atoms. The Labute approximate surface area is 186 Å². The van der Waals surface area contributed by atoms with Crippen LogP contribution < -0.4 is 10.6 Å². The van der Waals surface area contributed by atoms with Gasteiger partial charge < -0.3 is 10.6 Å². The summed E-state index contributed by atoms with van der Waals surface area (Å²) in [5.41, 5.74) is 2.37. The lowest BCUT2D eigenvalue weighted by molar-refractivity contribution is -0.122. The van der Waals surface area contributed by atoms with E-state index in [0.717, 1.165) is 18.4 Å². The molecule has 0 bridgehead atoms. The molecule has 2 N–H and O–H groups in total. The molecule has 1 unspecified atom stereocenters. The highest BCUT2D eigenvalue weighted by atomic mass is 35.5. The normalized spacial score (nSPS) is 11.5. The molecule has 6 heteroatoms. The van der Waals surface area contributed by atoms with Gasteiger partial charge >= 0.3 is 0 Å². The molecule has 3 rings (SSSR count). The van der Waals surface area contributed by atoms with Gasteiger partial charge in [0.05, 0.1) is 0 Å². The van der Waals surface area contributed by atoms with Crippen molar-refractivity contribution in [2.24, 2.45) is 0 Å². The summed E-state index contributed by atoms with van der Waals surface area (Å²) in [6.45, 7) is 0.497. The van der Waals surface area contributed by atoms with E-state index in [2.05, 4.69) is 10.6 Å². The van der Waals surface area contributed by atoms with Crippen molar-refractivity contribution in [1.82, 2.24) is 10.6 Å². The Kier molecular flexibility index (Phi) is 8.19. The molecule has 0 spiro atoms. The van der Waals surface area contributed by atoms with Gasteiger partial charge in [-0.15, -0.1) is 0 Å². The van der Waals surface area contributed by atoms with E-state index in [4.69, 9.17) is 11.6 Å². The first-order valence-electron chi connectivity index (χ1n) is 10.1. The van der Waals surface area contributed by atoms with E-state index in [1.165, 1.54) is 29.8 Å². The summed E-state index contributed by atoms with van der Waals surface area (Å²) in [7, 11) is 0. The average molecular weight is 439 g/mol. The molecular formula is C25H24ClFN2O2. The Hall–Kier alpha value is -3.18. The molecule has 4 nitrogen and oxygen atoms in total. The fourth-order valence-corrected chi connectivity index (χ4v) is 3.31. The zero-order valence-electron chi connectivity index (χ0n) is 17.0. The van der Waals surface area contributed by atoms with Gasteiger partial charge in [-0.25, -0.2) is 4.39 Å². The monoisotopic (exact) mass is 438 g/mol. The van der Waals surface area contributed by atoms with Crippen LogP contribution in [-0.4, -0.2) is 24.4 Å². The minimum absolute atomic E-state index is 0.265. The van der Waals surface area contributed by atoms with Gasteiger partial charge in [-0.3, -0.25) is 9.59 Å². The van der Waals surface area contributed by atoms with Crippen molar-refractivity contribution < 1.29 is 14.0 Å². The first-order valence-corrected chi connectivity index (χ1v) is 10.5. The Bertz CT molecular complexity index is 992. The van der Waals surface area contributed by atoms with E-state index < -0.39 is 17.8 Å². The summed E-state index contributed by atoms with van der Waals surface area (Å²) in [6.07, 6.45) is 1.95. The fourth-order valence-electron chi connectivity index (χ4n) is 3.18. The molecule has 0 aliphatic carbocycles. The van der Waals surface area contributed by atoms with Gasteiger partial charge in [-0.05, 0) is 60.4 Å². The molecule has 0 aliphatic heterocycles. The highest BCUT2D eigenvalue weighted by Gasteiger charge is 2.22. The van der Waals surface area contributed by atoms with Crippen LogP contribution in [0.2, 0.25) is 5.02 Å². The minimum atomic E-state index is -0.768. The topological polar surface area (TPSA) is 58.2 Å². The molecule has 0 fully saturated rings. The molecule has 0 radical (unpaired) electrons. The molecule has 2 amide bonds. The second kappa shape index (κ2) is 11.3. The van der Waals surface area contributed by atoms with Crippen LogP contribution in [0.5, 0.6) is 0 Å². The molecule has 0 saturated carbocycles. The first-order chi connectivity index (χ1) is 15.0. The number of halogens is 2. The zero-order valence-corrected chi connectivity index (χ0v) is 17.7. The molecule has 0 aromatic heterocycles. The third-order valence-electron chi connectivity index (χ3n) is 4.87. The number of aryl methyl sites for hydroxylation is 1. The lowest BCUT2D eigenvalue weighted by Crippen LogP contribution is -2.48. The van der Waals surface area contributed by atoms with Crippen LogP contribution in [0.15, 0.2) is 78.9 Å². The number of amides is 2. The van der Waals surface area contributed by atoms with Crippen LogP contribution >= 0.6 is 11.6 Å². The van der Waals surface area contributed by atoms with Gasteiger partial charge in [0, 0.05) is 23.6 Å². The third kappa shape index (κ3) is 7.23. The fraction of sp³-hybridized carbons (Fsp3) is 0.200. The van der Waals surface area contributed by atoms with Crippen molar-refractivity contribution in [2.75, 3.05) is 6.54 Å². The molecule has 1 atom stereocenters. The molecular weight excluding hydrogens is 415 g/mol. The standard InChI is InChI=1S/C25H24ClFN2O2/c26-21-12-8-19(9-13-21)17-23(29-24(30)20-10-14-22(27)15-11-20)25(31)28-16-4-7-18-5-2-1-3-6-18/h1-3,5-6,8-15,23H,4,7,16-17H2,(H,28,31)(H,29,30). The van der Waals surface area contributed by atoms with E-state index >= 15 is 0 Å². The number of carbonyl (C=O) groups excluding carboxylic acids is 2. The lowest BCUT2D eigenvalue weighted by atomic mass is 10.0. The summed E-state index contributed by atoms with van der Waals surface area (Å²) in [5.74, 6) is -1.12. The number of carbonyl (C=O) groups is 2. The van der Waals surface area contributed by atoms with Gasteiger partial charge in [0.25, 0.3) is 5.91 Å². The number of rotatable bonds is 9. The van der Waals surface area contributed by atoms with Crippen LogP contribution in [0.4, 0.5) is 4.39 Å². The summed E-state index contributed by atoms with van der Waals surface area (Å²) in [6, 6.07) is 21.6. The van der Waals surface area contributed by atoms with Crippen LogP contribution in [0.3, 0.4) is 0 Å². The Morgan fingerprint density at radius 1 is 0.871 bits per heavy atom. The smallest absolute Gasteiger partial charge is 0.251 e. The molecule has 3 aromatic carbocycles. The van der Waals surface area contributed by atoms with Crippen molar-refractivity contribution in [3.8, 4) is 0 Å². The van der Waals surface area contributed by atoms with Gasteiger partial charge in [-0.2, -0.15) is 0 Å². The predicted molar refractivity (Wildman–Crippen MR) is 121 cm³/mol. The Morgan fingerprint density at radius 3 is 2.23 bits per heavy atom. The summed E-state index contributed by atoms with van der Waals surface area (Å²) >= 11 is 5.94. The van der Waals surface area contributed by atoms with Gasteiger partial charge in [0.2, 0.25) is 5.91 Å². The molecule has 0 heterocycles. The van der Waals surface area contributed by atoms with E-state index in [-0.39, 0.29) is 5.91 Å². The van der Waals surface area contributed by atoms with E-state index in [1.807, 2.05) is 42.5 Å². The van der Waals surface area contributed by atoms with Crippen molar-refractivity contribution in [1.29, 1.82) is 0 Å². The number of nitrogens with one attached hydrogen (secondary N) is 2. The highest BCUT2D eigenvalue weighted by Crippen LogP contribution is 2.12. The summed E-state index contributed by atoms with van der Waals surface area (Å²) in [5, 5.41) is 6.28. The quantitative estimate of drug-likeness (QED) is 0.481. The summed E-state index contributed by atoms with van der Waals surface area (Å²) in [4.78, 5) is 25.4. The maximum Gasteiger partial charge on any atom is 0.251 e. The van der Waals surface area contributed by atoms with E-state index in [9.17, 15) is 14.0 Å². The van der Waals surface area contributed by atoms with Crippen molar-refractivity contribution >= 4 is 23.4 Å². The minimum Gasteiger partial charge on any atom is -0.354 e. The Morgan fingerprint density at radius 2 is 1.55 bits per heavy atom. The lowest BCUT2D eigenvalue weighted by Gasteiger charge is -2.19. The van der Waals surface area contributed by atoms with Crippen LogP contribution in [-0.2, 0) is 17.6 Å². The van der Waals surface area contributed by atoms with Crippen LogP contribution in [0, 0.1) is 5.82 Å². The third-order valence-corrected chi connectivity index (χ3v) is 5.12. The Balaban J connectivity index is 1.62. The van der Waals surface area contributed by atoms with E-state index in [1.54, 1.807) is 12.1 Å². The number of benzene rings is 3. The molecule has 0 saturated heterocycles. The maximum absolute atomic E-state index is 13.1. The summed E-state index contributed by atoms with van der Waals surface area (Å²) < 4.78 is 13.1. The second-order valence-electron chi connectivity index (χ2n) is 7.24. The van der Waals surface area contributed by atoms with Crippen molar-refractivity contribution in [2.45, 2.75) is 25.3 Å². The number of hydrogen-bond donors (Lipinski definition) is 2. The SMILES string of the molecule is O=C(NC(Cc1ccc(Cl)cc1)C(=O)NCCCc1ccccc1)c1ccc(F)cc1. The molecule has 0 aliphatic rings. The highest BCUT2D eigenvalue weighted by molar-refractivity contribution is 6.30. The number of hydrogen-bond acceptors (Lipinski definition) is 2. The van der Waals surface area contributed by atoms with Crippen LogP contribution in [0.1, 0.15) is 27.9 Å². The van der Waals surface area contributed by atoms with Gasteiger partial charge in [-0.1, -0.05) is 54.1 Å². The second-order valence-corrected chi connectivity index (χ2v) is 7.68.